The number of aromatic nitrogens is 1. The van der Waals surface area contributed by atoms with E-state index in [-0.39, 0.29) is 0 Å². The van der Waals surface area contributed by atoms with Gasteiger partial charge in [-0.15, -0.1) is 11.3 Å². The monoisotopic (exact) mass is 308 g/mol. The second kappa shape index (κ2) is 4.61. The molecular weight excluding hydrogens is 304 g/mol. The Hall–Kier alpha value is -0.100. The molecule has 0 fully saturated rings. The standard InChI is InChI=1S/C8H6BrClN2S2/c9-6-2-1-5(13-6)3-11-8-12-4-7(10)14-8/h1-2,4H,3H2,(H,11,12). The van der Waals surface area contributed by atoms with E-state index < -0.39 is 0 Å². The SMILES string of the molecule is Clc1cnc(NCc2ccc(Br)s2)s1. The highest BCUT2D eigenvalue weighted by atomic mass is 79.9. The predicted molar refractivity (Wildman–Crippen MR) is 66.5 cm³/mol. The zero-order chi connectivity index (χ0) is 9.97. The third kappa shape index (κ3) is 2.70. The number of rotatable bonds is 3. The highest BCUT2D eigenvalue weighted by Crippen LogP contribution is 2.25. The van der Waals surface area contributed by atoms with Crippen LogP contribution in [0, 0.1) is 0 Å². The molecule has 1 N–H and O–H groups in total. The largest absolute Gasteiger partial charge is 0.357 e. The summed E-state index contributed by atoms with van der Waals surface area (Å²) in [7, 11) is 0. The van der Waals surface area contributed by atoms with Crippen LogP contribution in [0.15, 0.2) is 22.1 Å². The second-order valence-electron chi connectivity index (χ2n) is 2.53. The van der Waals surface area contributed by atoms with E-state index in [1.165, 1.54) is 16.2 Å². The van der Waals surface area contributed by atoms with Crippen molar-refractivity contribution in [1.29, 1.82) is 0 Å². The minimum absolute atomic E-state index is 0.708. The third-order valence-corrected chi connectivity index (χ3v) is 4.22. The first-order chi connectivity index (χ1) is 6.74. The smallest absolute Gasteiger partial charge is 0.184 e. The van der Waals surface area contributed by atoms with E-state index in [9.17, 15) is 0 Å². The molecule has 0 spiro atoms. The Balaban J connectivity index is 1.94. The quantitative estimate of drug-likeness (QED) is 0.917. The van der Waals surface area contributed by atoms with Crippen LogP contribution in [0.4, 0.5) is 5.13 Å². The Morgan fingerprint density at radius 3 is 2.86 bits per heavy atom. The first-order valence-electron chi connectivity index (χ1n) is 3.83. The maximum absolute atomic E-state index is 5.76. The van der Waals surface area contributed by atoms with Gasteiger partial charge in [-0.25, -0.2) is 4.98 Å². The summed E-state index contributed by atoms with van der Waals surface area (Å²) in [6, 6.07) is 4.12. The minimum atomic E-state index is 0.708. The molecule has 0 bridgehead atoms. The van der Waals surface area contributed by atoms with Gasteiger partial charge in [-0.1, -0.05) is 22.9 Å². The summed E-state index contributed by atoms with van der Waals surface area (Å²) in [6.45, 7) is 0.792. The van der Waals surface area contributed by atoms with Gasteiger partial charge >= 0.3 is 0 Å². The van der Waals surface area contributed by atoms with Gasteiger partial charge in [0.25, 0.3) is 0 Å². The molecule has 0 atom stereocenters. The summed E-state index contributed by atoms with van der Waals surface area (Å²) in [5.74, 6) is 0. The van der Waals surface area contributed by atoms with Crippen LogP contribution in [0.2, 0.25) is 4.34 Å². The molecule has 0 unspecified atom stereocenters. The summed E-state index contributed by atoms with van der Waals surface area (Å²) in [6.07, 6.45) is 1.65. The van der Waals surface area contributed by atoms with Crippen molar-refractivity contribution in [3.63, 3.8) is 0 Å². The molecule has 2 aromatic rings. The molecular formula is C8H6BrClN2S2. The molecule has 0 radical (unpaired) electrons. The summed E-state index contributed by atoms with van der Waals surface area (Å²) in [4.78, 5) is 5.37. The number of anilines is 1. The fourth-order valence-corrected chi connectivity index (χ4v) is 3.18. The Labute approximate surface area is 103 Å². The molecule has 0 aliphatic heterocycles. The molecule has 14 heavy (non-hydrogen) atoms. The van der Waals surface area contributed by atoms with Crippen LogP contribution >= 0.6 is 50.2 Å². The van der Waals surface area contributed by atoms with Crippen LogP contribution in [0.5, 0.6) is 0 Å². The van der Waals surface area contributed by atoms with Gasteiger partial charge in [0.2, 0.25) is 0 Å². The maximum atomic E-state index is 5.76. The average molecular weight is 310 g/mol. The number of thiazole rings is 1. The van der Waals surface area contributed by atoms with E-state index in [4.69, 9.17) is 11.6 Å². The maximum Gasteiger partial charge on any atom is 0.184 e. The molecule has 74 valence electrons. The number of hydrogen-bond acceptors (Lipinski definition) is 4. The number of hydrogen-bond donors (Lipinski definition) is 1. The first kappa shape index (κ1) is 10.4. The van der Waals surface area contributed by atoms with E-state index in [0.717, 1.165) is 15.5 Å². The van der Waals surface area contributed by atoms with E-state index in [0.29, 0.717) is 4.34 Å². The molecule has 2 heterocycles. The predicted octanol–water partition coefficient (Wildman–Crippen LogP) is 4.23. The van der Waals surface area contributed by atoms with Crippen LogP contribution in [0.3, 0.4) is 0 Å². The Morgan fingerprint density at radius 1 is 1.43 bits per heavy atom. The van der Waals surface area contributed by atoms with Crippen molar-refractivity contribution in [2.24, 2.45) is 0 Å². The van der Waals surface area contributed by atoms with Crippen molar-refractivity contribution in [3.8, 4) is 0 Å². The third-order valence-electron chi connectivity index (χ3n) is 1.52. The number of nitrogens with zero attached hydrogens (tertiary/aromatic N) is 1. The van der Waals surface area contributed by atoms with Crippen molar-refractivity contribution in [2.45, 2.75) is 6.54 Å². The molecule has 0 aliphatic rings. The lowest BCUT2D eigenvalue weighted by Gasteiger charge is -1.97. The van der Waals surface area contributed by atoms with Crippen molar-refractivity contribution in [1.82, 2.24) is 4.98 Å². The van der Waals surface area contributed by atoms with Crippen LogP contribution in [0.25, 0.3) is 0 Å². The van der Waals surface area contributed by atoms with Crippen molar-refractivity contribution < 1.29 is 0 Å². The van der Waals surface area contributed by atoms with Gasteiger partial charge < -0.3 is 5.32 Å². The zero-order valence-corrected chi connectivity index (χ0v) is 10.9. The highest BCUT2D eigenvalue weighted by molar-refractivity contribution is 9.11. The van der Waals surface area contributed by atoms with Gasteiger partial charge in [-0.05, 0) is 28.1 Å². The zero-order valence-electron chi connectivity index (χ0n) is 6.96. The molecule has 0 aliphatic carbocycles. The molecule has 2 rings (SSSR count). The van der Waals surface area contributed by atoms with Gasteiger partial charge in [-0.2, -0.15) is 0 Å². The van der Waals surface area contributed by atoms with Gasteiger partial charge in [0.1, 0.15) is 4.34 Å². The fraction of sp³-hybridized carbons (Fsp3) is 0.125. The van der Waals surface area contributed by atoms with Crippen molar-refractivity contribution in [2.75, 3.05) is 5.32 Å². The molecule has 6 heteroatoms. The van der Waals surface area contributed by atoms with Crippen LogP contribution in [-0.4, -0.2) is 4.98 Å². The minimum Gasteiger partial charge on any atom is -0.357 e. The Morgan fingerprint density at radius 2 is 2.29 bits per heavy atom. The summed E-state index contributed by atoms with van der Waals surface area (Å²) in [5.41, 5.74) is 0. The molecule has 0 saturated heterocycles. The highest BCUT2D eigenvalue weighted by Gasteiger charge is 2.00. The topological polar surface area (TPSA) is 24.9 Å². The molecule has 2 nitrogen and oxygen atoms in total. The lowest BCUT2D eigenvalue weighted by molar-refractivity contribution is 1.17. The summed E-state index contributed by atoms with van der Waals surface area (Å²) in [5, 5.41) is 4.07. The van der Waals surface area contributed by atoms with E-state index in [1.54, 1.807) is 17.5 Å². The lowest BCUT2D eigenvalue weighted by Crippen LogP contribution is -1.95. The van der Waals surface area contributed by atoms with Crippen LogP contribution < -0.4 is 5.32 Å². The summed E-state index contributed by atoms with van der Waals surface area (Å²) < 4.78 is 1.85. The van der Waals surface area contributed by atoms with Crippen molar-refractivity contribution >= 4 is 55.3 Å². The van der Waals surface area contributed by atoms with Crippen molar-refractivity contribution in [3.05, 3.63) is 31.3 Å². The summed E-state index contributed by atoms with van der Waals surface area (Å²) >= 11 is 12.3. The number of halogens is 2. The van der Waals surface area contributed by atoms with Crippen LogP contribution in [0.1, 0.15) is 4.88 Å². The van der Waals surface area contributed by atoms with Crippen LogP contribution in [-0.2, 0) is 6.54 Å². The fourth-order valence-electron chi connectivity index (χ4n) is 0.946. The normalized spacial score (nSPS) is 10.4. The van der Waals surface area contributed by atoms with E-state index in [1.807, 2.05) is 6.07 Å². The van der Waals surface area contributed by atoms with E-state index >= 15 is 0 Å². The Kier molecular flexibility index (Phi) is 3.43. The van der Waals surface area contributed by atoms with Gasteiger partial charge in [-0.3, -0.25) is 0 Å². The number of thiophene rings is 1. The van der Waals surface area contributed by atoms with Gasteiger partial charge in [0, 0.05) is 4.88 Å². The number of nitrogens with one attached hydrogen (secondary N) is 1. The van der Waals surface area contributed by atoms with Gasteiger partial charge in [0.15, 0.2) is 5.13 Å². The molecule has 2 aromatic heterocycles. The molecule has 0 saturated carbocycles. The molecule has 0 amide bonds. The van der Waals surface area contributed by atoms with Gasteiger partial charge in [0.05, 0.1) is 16.5 Å². The second-order valence-corrected chi connectivity index (χ2v) is 6.74. The average Bonchev–Trinajstić information content (AvgIpc) is 2.72. The molecule has 0 aromatic carbocycles. The lowest BCUT2D eigenvalue weighted by atomic mass is 10.5. The Bertz CT molecular complexity index is 386. The first-order valence-corrected chi connectivity index (χ1v) is 6.64. The van der Waals surface area contributed by atoms with E-state index in [2.05, 4.69) is 32.3 Å².